The molecule has 0 radical (unpaired) electrons. The van der Waals surface area contributed by atoms with E-state index in [4.69, 9.17) is 9.47 Å². The van der Waals surface area contributed by atoms with Crippen molar-refractivity contribution in [2.45, 2.75) is 53.1 Å². The maximum atomic E-state index is 5.51. The Morgan fingerprint density at radius 2 is 1.86 bits per heavy atom. The molecule has 0 unspecified atom stereocenters. The zero-order valence-electron chi connectivity index (χ0n) is 14.5. The maximum Gasteiger partial charge on any atom is 0.0701 e. The third-order valence-corrected chi connectivity index (χ3v) is 3.44. The first-order chi connectivity index (χ1) is 9.85. The quantitative estimate of drug-likeness (QED) is 0.709. The van der Waals surface area contributed by atoms with Gasteiger partial charge in [-0.2, -0.15) is 5.10 Å². The van der Waals surface area contributed by atoms with E-state index in [0.29, 0.717) is 19.8 Å². The number of hydrogen-bond donors (Lipinski definition) is 1. The van der Waals surface area contributed by atoms with E-state index in [1.165, 1.54) is 11.3 Å². The average molecular weight is 297 g/mol. The van der Waals surface area contributed by atoms with Gasteiger partial charge in [-0.3, -0.25) is 4.68 Å². The van der Waals surface area contributed by atoms with Crippen LogP contribution in [-0.2, 0) is 22.4 Å². The van der Waals surface area contributed by atoms with Gasteiger partial charge in [0, 0.05) is 18.3 Å². The van der Waals surface area contributed by atoms with E-state index in [2.05, 4.69) is 49.7 Å². The van der Waals surface area contributed by atoms with Crippen LogP contribution in [0.1, 0.15) is 37.7 Å². The van der Waals surface area contributed by atoms with Gasteiger partial charge in [0.25, 0.3) is 0 Å². The molecular weight excluding hydrogens is 266 g/mol. The van der Waals surface area contributed by atoms with Crippen LogP contribution in [0.25, 0.3) is 0 Å². The number of rotatable bonds is 9. The Balaban J connectivity index is 2.47. The summed E-state index contributed by atoms with van der Waals surface area (Å²) < 4.78 is 12.5. The lowest BCUT2D eigenvalue weighted by atomic mass is 10.1. The maximum absolute atomic E-state index is 5.51. The van der Waals surface area contributed by atoms with Crippen molar-refractivity contribution in [1.29, 1.82) is 0 Å². The van der Waals surface area contributed by atoms with Gasteiger partial charge in [0.15, 0.2) is 0 Å². The molecule has 0 saturated heterocycles. The Labute approximate surface area is 129 Å². The van der Waals surface area contributed by atoms with Crippen LogP contribution in [0.3, 0.4) is 0 Å². The Kier molecular flexibility index (Phi) is 7.35. The average Bonchev–Trinajstić information content (AvgIpc) is 2.65. The van der Waals surface area contributed by atoms with E-state index in [0.717, 1.165) is 25.2 Å². The molecule has 0 aliphatic carbocycles. The molecule has 1 N–H and O–H groups in total. The lowest BCUT2D eigenvalue weighted by Crippen LogP contribution is -2.37. The fourth-order valence-corrected chi connectivity index (χ4v) is 2.27. The molecule has 0 saturated carbocycles. The minimum absolute atomic E-state index is 0.160. The first-order valence-electron chi connectivity index (χ1n) is 7.69. The van der Waals surface area contributed by atoms with Crippen molar-refractivity contribution in [1.82, 2.24) is 15.1 Å². The number of aryl methyl sites for hydroxylation is 1. The molecule has 0 aliphatic rings. The van der Waals surface area contributed by atoms with Gasteiger partial charge < -0.3 is 14.8 Å². The van der Waals surface area contributed by atoms with Gasteiger partial charge in [0.2, 0.25) is 0 Å². The van der Waals surface area contributed by atoms with E-state index in [1.54, 1.807) is 7.11 Å². The summed E-state index contributed by atoms with van der Waals surface area (Å²) in [5.41, 5.74) is 3.88. The van der Waals surface area contributed by atoms with Crippen molar-refractivity contribution in [2.75, 3.05) is 33.5 Å². The predicted octanol–water partition coefficient (Wildman–Crippen LogP) is 2.09. The Hall–Kier alpha value is -0.910. The van der Waals surface area contributed by atoms with Crippen LogP contribution in [0.5, 0.6) is 0 Å². The smallest absolute Gasteiger partial charge is 0.0701 e. The normalized spacial score (nSPS) is 12.1. The van der Waals surface area contributed by atoms with Gasteiger partial charge in [-0.15, -0.1) is 0 Å². The third-order valence-electron chi connectivity index (χ3n) is 3.44. The summed E-state index contributed by atoms with van der Waals surface area (Å²) in [6, 6.07) is 0. The van der Waals surface area contributed by atoms with Gasteiger partial charge in [-0.25, -0.2) is 0 Å². The van der Waals surface area contributed by atoms with Crippen LogP contribution in [-0.4, -0.2) is 48.8 Å². The second-order valence-corrected chi connectivity index (χ2v) is 6.40. The molecule has 5 nitrogen and oxygen atoms in total. The molecule has 1 heterocycles. The molecule has 0 aromatic carbocycles. The van der Waals surface area contributed by atoms with Gasteiger partial charge in [-0.05, 0) is 53.1 Å². The van der Waals surface area contributed by atoms with Crippen molar-refractivity contribution >= 4 is 0 Å². The molecule has 0 fully saturated rings. The molecule has 1 rings (SSSR count). The largest absolute Gasteiger partial charge is 0.382 e. The highest BCUT2D eigenvalue weighted by Gasteiger charge is 2.13. The molecule has 0 amide bonds. The van der Waals surface area contributed by atoms with Crippen LogP contribution in [0.2, 0.25) is 0 Å². The summed E-state index contributed by atoms with van der Waals surface area (Å²) >= 11 is 0. The lowest BCUT2D eigenvalue weighted by Gasteiger charge is -2.20. The number of hydrogen-bond acceptors (Lipinski definition) is 4. The van der Waals surface area contributed by atoms with Crippen LogP contribution >= 0.6 is 0 Å². The molecule has 122 valence electrons. The van der Waals surface area contributed by atoms with Crippen molar-refractivity contribution in [3.63, 3.8) is 0 Å². The molecule has 0 aliphatic heterocycles. The SMILES string of the molecule is COCCOCCn1nc(C)c(CCNC(C)(C)C)c1C. The molecule has 0 atom stereocenters. The van der Waals surface area contributed by atoms with E-state index < -0.39 is 0 Å². The predicted molar refractivity (Wildman–Crippen MR) is 85.9 cm³/mol. The van der Waals surface area contributed by atoms with Crippen molar-refractivity contribution in [3.05, 3.63) is 17.0 Å². The van der Waals surface area contributed by atoms with E-state index in [-0.39, 0.29) is 5.54 Å². The summed E-state index contributed by atoms with van der Waals surface area (Å²) in [4.78, 5) is 0. The van der Waals surface area contributed by atoms with Crippen LogP contribution in [0, 0.1) is 13.8 Å². The highest BCUT2D eigenvalue weighted by atomic mass is 16.5. The number of nitrogens with one attached hydrogen (secondary N) is 1. The molecule has 5 heteroatoms. The fourth-order valence-electron chi connectivity index (χ4n) is 2.27. The topological polar surface area (TPSA) is 48.3 Å². The van der Waals surface area contributed by atoms with E-state index >= 15 is 0 Å². The Morgan fingerprint density at radius 3 is 2.48 bits per heavy atom. The van der Waals surface area contributed by atoms with Crippen LogP contribution < -0.4 is 5.32 Å². The second-order valence-electron chi connectivity index (χ2n) is 6.40. The fraction of sp³-hybridized carbons (Fsp3) is 0.812. The minimum Gasteiger partial charge on any atom is -0.382 e. The first-order valence-corrected chi connectivity index (χ1v) is 7.69. The van der Waals surface area contributed by atoms with Gasteiger partial charge in [-0.1, -0.05) is 0 Å². The zero-order valence-corrected chi connectivity index (χ0v) is 14.5. The summed E-state index contributed by atoms with van der Waals surface area (Å²) in [5.74, 6) is 0. The molecule has 1 aromatic heterocycles. The Morgan fingerprint density at radius 1 is 1.14 bits per heavy atom. The zero-order chi connectivity index (χ0) is 15.9. The van der Waals surface area contributed by atoms with Crippen molar-refractivity contribution in [2.24, 2.45) is 0 Å². The number of aromatic nitrogens is 2. The molecule has 0 bridgehead atoms. The highest BCUT2D eigenvalue weighted by Crippen LogP contribution is 2.14. The van der Waals surface area contributed by atoms with Crippen molar-refractivity contribution in [3.8, 4) is 0 Å². The summed E-state index contributed by atoms with van der Waals surface area (Å²) in [6.07, 6.45) is 1.01. The lowest BCUT2D eigenvalue weighted by molar-refractivity contribution is 0.0651. The monoisotopic (exact) mass is 297 g/mol. The Bertz CT molecular complexity index is 422. The van der Waals surface area contributed by atoms with E-state index in [9.17, 15) is 0 Å². The summed E-state index contributed by atoms with van der Waals surface area (Å²) in [7, 11) is 1.68. The van der Waals surface area contributed by atoms with Gasteiger partial charge >= 0.3 is 0 Å². The standard InChI is InChI=1S/C16H31N3O2/c1-13-15(7-8-17-16(3,4)5)14(2)19(18-13)9-10-21-12-11-20-6/h17H,7-12H2,1-6H3. The van der Waals surface area contributed by atoms with Crippen LogP contribution in [0.15, 0.2) is 0 Å². The van der Waals surface area contributed by atoms with Gasteiger partial charge in [0.05, 0.1) is 32.1 Å². The minimum atomic E-state index is 0.160. The summed E-state index contributed by atoms with van der Waals surface area (Å²) in [5, 5.41) is 8.15. The number of nitrogens with zero attached hydrogens (tertiary/aromatic N) is 2. The van der Waals surface area contributed by atoms with E-state index in [1.807, 2.05) is 0 Å². The third kappa shape index (κ3) is 6.59. The van der Waals surface area contributed by atoms with Gasteiger partial charge in [0.1, 0.15) is 0 Å². The number of ether oxygens (including phenoxy) is 2. The van der Waals surface area contributed by atoms with Crippen LogP contribution in [0.4, 0.5) is 0 Å². The number of methoxy groups -OCH3 is 1. The van der Waals surface area contributed by atoms with Crippen molar-refractivity contribution < 1.29 is 9.47 Å². The molecule has 0 spiro atoms. The molecular formula is C16H31N3O2. The summed E-state index contributed by atoms with van der Waals surface area (Å²) in [6.45, 7) is 14.5. The first kappa shape index (κ1) is 18.1. The molecule has 1 aromatic rings. The highest BCUT2D eigenvalue weighted by molar-refractivity contribution is 5.24. The second kappa shape index (κ2) is 8.51. The molecule has 21 heavy (non-hydrogen) atoms.